The van der Waals surface area contributed by atoms with Gasteiger partial charge in [0, 0.05) is 54.9 Å². The van der Waals surface area contributed by atoms with E-state index >= 15 is 8.78 Å². The fourth-order valence-corrected chi connectivity index (χ4v) is 10.2. The molecule has 7 nitrogen and oxygen atoms in total. The Bertz CT molecular complexity index is 2590. The standard InChI is InChI=1S/C35H22Cl4F2N4O3S3/c36-17-6-8-27(23(38)12-17)44-34-19-10-11-49-29(19)14-21(34)32(42-44)25(40)4-2-1-3-5-26(41)33-22-15-30-20(16-31(50-30)51(46,47)48)35(22)45(43-33)28-9-7-18(37)13-24(28)39/h4-13,16H,1-3,14-15H2,(H,46,47,48)/b25-4-,26-5-. The predicted molar refractivity (Wildman–Crippen MR) is 201 cm³/mol. The number of aromatic nitrogens is 4. The number of allylic oxidation sites excluding steroid dienone is 2. The number of benzene rings is 2. The highest BCUT2D eigenvalue weighted by Gasteiger charge is 2.34. The third kappa shape index (κ3) is 6.19. The summed E-state index contributed by atoms with van der Waals surface area (Å²) in [5, 5.41) is 12.7. The molecule has 4 aromatic heterocycles. The molecule has 51 heavy (non-hydrogen) atoms. The molecule has 0 fully saturated rings. The van der Waals surface area contributed by atoms with Crippen molar-refractivity contribution in [2.75, 3.05) is 0 Å². The first-order valence-corrected chi connectivity index (χ1v) is 20.1. The Morgan fingerprint density at radius 1 is 0.784 bits per heavy atom. The Labute approximate surface area is 318 Å². The zero-order valence-electron chi connectivity index (χ0n) is 25.9. The van der Waals surface area contributed by atoms with Crippen LogP contribution in [0.2, 0.25) is 20.1 Å². The molecule has 260 valence electrons. The van der Waals surface area contributed by atoms with Gasteiger partial charge in [-0.25, -0.2) is 18.1 Å². The lowest BCUT2D eigenvalue weighted by molar-refractivity contribution is 0.485. The molecule has 2 aromatic carbocycles. The average molecular weight is 823 g/mol. The summed E-state index contributed by atoms with van der Waals surface area (Å²) in [4.78, 5) is 1.77. The molecular weight excluding hydrogens is 800 g/mol. The smallest absolute Gasteiger partial charge is 0.281 e. The zero-order chi connectivity index (χ0) is 35.8. The van der Waals surface area contributed by atoms with Gasteiger partial charge in [-0.15, -0.1) is 22.7 Å². The van der Waals surface area contributed by atoms with Crippen LogP contribution in [0.3, 0.4) is 0 Å². The molecule has 0 aliphatic heterocycles. The molecule has 0 bridgehead atoms. The third-order valence-corrected chi connectivity index (χ3v) is 13.2. The summed E-state index contributed by atoms with van der Waals surface area (Å²) in [5.74, 6) is -1.05. The molecule has 0 unspecified atom stereocenters. The Balaban J connectivity index is 1.05. The zero-order valence-corrected chi connectivity index (χ0v) is 31.4. The van der Waals surface area contributed by atoms with E-state index in [1.165, 1.54) is 29.0 Å². The van der Waals surface area contributed by atoms with Crippen molar-refractivity contribution in [2.45, 2.75) is 36.3 Å². The Hall–Kier alpha value is -3.33. The monoisotopic (exact) mass is 820 g/mol. The lowest BCUT2D eigenvalue weighted by Gasteiger charge is -2.08. The number of thiophene rings is 2. The van der Waals surface area contributed by atoms with E-state index in [9.17, 15) is 13.0 Å². The van der Waals surface area contributed by atoms with Gasteiger partial charge in [-0.05, 0) is 85.3 Å². The molecule has 1 N–H and O–H groups in total. The SMILES string of the molecule is O=S(=O)(O)c1cc2c(s1)Cc1c(/C(F)=C/CCC/C=C(\F)c3nn(-c4ccc(Cl)cc4Cl)c4c3Cc3sccc3-4)nn(-c3ccc(Cl)cc3Cl)c1-2. The molecular formula is C35H22Cl4F2N4O3S3. The normalized spacial score (nSPS) is 13.9. The van der Waals surface area contributed by atoms with Gasteiger partial charge in [0.25, 0.3) is 0 Å². The van der Waals surface area contributed by atoms with Crippen molar-refractivity contribution in [1.82, 2.24) is 19.6 Å². The summed E-state index contributed by atoms with van der Waals surface area (Å²) < 4.78 is 68.0. The fraction of sp³-hybridized carbons (Fsp3) is 0.143. The van der Waals surface area contributed by atoms with Crippen LogP contribution in [0.1, 0.15) is 51.5 Å². The van der Waals surface area contributed by atoms with E-state index < -0.39 is 21.8 Å². The molecule has 0 radical (unpaired) electrons. The van der Waals surface area contributed by atoms with E-state index in [0.29, 0.717) is 67.4 Å². The largest absolute Gasteiger partial charge is 0.304 e. The first-order chi connectivity index (χ1) is 24.4. The highest BCUT2D eigenvalue weighted by molar-refractivity contribution is 7.88. The second kappa shape index (κ2) is 13.3. The number of halogens is 6. The second-order valence-electron chi connectivity index (χ2n) is 11.9. The van der Waals surface area contributed by atoms with Crippen LogP contribution < -0.4 is 0 Å². The summed E-state index contributed by atoms with van der Waals surface area (Å²) in [7, 11) is -4.44. The lowest BCUT2D eigenvalue weighted by atomic mass is 10.1. The minimum atomic E-state index is -4.44. The molecule has 16 heteroatoms. The van der Waals surface area contributed by atoms with Crippen LogP contribution in [0.25, 0.3) is 45.5 Å². The van der Waals surface area contributed by atoms with Crippen LogP contribution in [-0.4, -0.2) is 32.5 Å². The minimum Gasteiger partial charge on any atom is -0.281 e. The van der Waals surface area contributed by atoms with E-state index in [4.69, 9.17) is 46.4 Å². The second-order valence-corrected chi connectivity index (χ2v) is 17.4. The van der Waals surface area contributed by atoms with Crippen molar-refractivity contribution in [3.8, 4) is 33.9 Å². The van der Waals surface area contributed by atoms with Gasteiger partial charge in [-0.2, -0.15) is 18.6 Å². The third-order valence-electron chi connectivity index (χ3n) is 8.72. The first-order valence-electron chi connectivity index (χ1n) is 15.4. The van der Waals surface area contributed by atoms with Crippen molar-refractivity contribution < 1.29 is 21.8 Å². The quantitative estimate of drug-likeness (QED) is 0.116. The Kier molecular flexibility index (Phi) is 9.03. The van der Waals surface area contributed by atoms with Crippen molar-refractivity contribution in [1.29, 1.82) is 0 Å². The van der Waals surface area contributed by atoms with E-state index in [1.54, 1.807) is 46.4 Å². The number of hydrogen-bond acceptors (Lipinski definition) is 6. The maximum absolute atomic E-state index is 15.9. The van der Waals surface area contributed by atoms with Gasteiger partial charge in [0.05, 0.1) is 32.8 Å². The van der Waals surface area contributed by atoms with Crippen molar-refractivity contribution >= 4 is 90.8 Å². The molecule has 2 aliphatic carbocycles. The summed E-state index contributed by atoms with van der Waals surface area (Å²) in [6.45, 7) is 0. The molecule has 4 heterocycles. The van der Waals surface area contributed by atoms with Gasteiger partial charge >= 0.3 is 10.1 Å². The molecule has 0 saturated heterocycles. The maximum atomic E-state index is 15.9. The number of hydrogen-bond donors (Lipinski definition) is 1. The Morgan fingerprint density at radius 3 is 1.84 bits per heavy atom. The van der Waals surface area contributed by atoms with Gasteiger partial charge in [0.15, 0.2) is 0 Å². The van der Waals surface area contributed by atoms with Crippen molar-refractivity contribution in [3.05, 3.63) is 118 Å². The van der Waals surface area contributed by atoms with Crippen LogP contribution >= 0.6 is 69.1 Å². The minimum absolute atomic E-state index is 0.0870. The number of rotatable bonds is 9. The molecule has 2 aliphatic rings. The number of fused-ring (bicyclic) bond motifs is 6. The molecule has 0 spiro atoms. The molecule has 6 aromatic rings. The number of unbranched alkanes of at least 4 members (excludes halogenated alkanes) is 2. The lowest BCUT2D eigenvalue weighted by Crippen LogP contribution is -2.00. The van der Waals surface area contributed by atoms with Crippen LogP contribution in [-0.2, 0) is 23.0 Å². The van der Waals surface area contributed by atoms with Gasteiger partial charge < -0.3 is 0 Å². The summed E-state index contributed by atoms with van der Waals surface area (Å²) >= 11 is 27.8. The average Bonchev–Trinajstić information content (AvgIpc) is 3.89. The molecule has 8 rings (SSSR count). The van der Waals surface area contributed by atoms with Gasteiger partial charge in [0.2, 0.25) is 0 Å². The predicted octanol–water partition coefficient (Wildman–Crippen LogP) is 11.7. The van der Waals surface area contributed by atoms with Crippen LogP contribution in [0.5, 0.6) is 0 Å². The summed E-state index contributed by atoms with van der Waals surface area (Å²) in [6.07, 6.45) is 4.70. The van der Waals surface area contributed by atoms with Crippen molar-refractivity contribution in [3.63, 3.8) is 0 Å². The van der Waals surface area contributed by atoms with E-state index in [1.807, 2.05) is 11.4 Å². The summed E-state index contributed by atoms with van der Waals surface area (Å²) in [6, 6.07) is 13.2. The maximum Gasteiger partial charge on any atom is 0.304 e. The van der Waals surface area contributed by atoms with Gasteiger partial charge in [0.1, 0.15) is 27.3 Å². The fourth-order valence-electron chi connectivity index (χ4n) is 6.47. The highest BCUT2D eigenvalue weighted by atomic mass is 35.5. The highest BCUT2D eigenvalue weighted by Crippen LogP contribution is 2.48. The molecule has 0 amide bonds. The number of nitrogens with zero attached hydrogens (tertiary/aromatic N) is 4. The summed E-state index contributed by atoms with van der Waals surface area (Å²) in [5.41, 5.74) is 5.48. The van der Waals surface area contributed by atoms with E-state index in [2.05, 4.69) is 10.2 Å². The van der Waals surface area contributed by atoms with Crippen LogP contribution in [0.4, 0.5) is 8.78 Å². The van der Waals surface area contributed by atoms with Crippen LogP contribution in [0, 0.1) is 0 Å². The van der Waals surface area contributed by atoms with Gasteiger partial charge in [-0.1, -0.05) is 46.4 Å². The molecule has 0 saturated carbocycles. The van der Waals surface area contributed by atoms with Gasteiger partial charge in [-0.3, -0.25) is 4.55 Å². The molecule has 0 atom stereocenters. The first kappa shape index (κ1) is 34.7. The topological polar surface area (TPSA) is 90.0 Å². The van der Waals surface area contributed by atoms with Crippen molar-refractivity contribution in [2.24, 2.45) is 0 Å². The van der Waals surface area contributed by atoms with Crippen LogP contribution in [0.15, 0.2) is 70.3 Å². The Morgan fingerprint density at radius 2 is 1.31 bits per heavy atom. The van der Waals surface area contributed by atoms with E-state index in [-0.39, 0.29) is 33.5 Å². The van der Waals surface area contributed by atoms with E-state index in [0.717, 1.165) is 33.0 Å².